The SMILES string of the molecule is Cc1cccc(C2CCCN2Cc2nnc(-c3cccc(Br)c3)o2)c1. The summed E-state index contributed by atoms with van der Waals surface area (Å²) in [5.41, 5.74) is 3.62. The van der Waals surface area contributed by atoms with E-state index in [-0.39, 0.29) is 0 Å². The smallest absolute Gasteiger partial charge is 0.247 e. The fraction of sp³-hybridized carbons (Fsp3) is 0.300. The van der Waals surface area contributed by atoms with Gasteiger partial charge in [0.05, 0.1) is 6.54 Å². The van der Waals surface area contributed by atoms with Gasteiger partial charge in [0.2, 0.25) is 11.8 Å². The monoisotopic (exact) mass is 397 g/mol. The molecule has 1 aliphatic rings. The minimum atomic E-state index is 0.432. The average molecular weight is 398 g/mol. The van der Waals surface area contributed by atoms with Gasteiger partial charge in [0.15, 0.2) is 0 Å². The van der Waals surface area contributed by atoms with Gasteiger partial charge in [-0.15, -0.1) is 10.2 Å². The molecule has 1 atom stereocenters. The highest BCUT2D eigenvalue weighted by Gasteiger charge is 2.27. The first-order valence-corrected chi connectivity index (χ1v) is 9.37. The molecule has 1 saturated heterocycles. The Morgan fingerprint density at radius 1 is 1.16 bits per heavy atom. The quantitative estimate of drug-likeness (QED) is 0.610. The second-order valence-electron chi connectivity index (χ2n) is 6.55. The van der Waals surface area contributed by atoms with Crippen LogP contribution in [0.5, 0.6) is 0 Å². The number of aromatic nitrogens is 2. The zero-order valence-corrected chi connectivity index (χ0v) is 15.7. The summed E-state index contributed by atoms with van der Waals surface area (Å²) >= 11 is 3.48. The summed E-state index contributed by atoms with van der Waals surface area (Å²) < 4.78 is 6.91. The van der Waals surface area contributed by atoms with Gasteiger partial charge in [-0.1, -0.05) is 51.8 Å². The Kier molecular flexibility index (Phi) is 4.68. The second-order valence-corrected chi connectivity index (χ2v) is 7.47. The molecule has 0 bridgehead atoms. The van der Waals surface area contributed by atoms with Gasteiger partial charge < -0.3 is 4.42 Å². The largest absolute Gasteiger partial charge is 0.419 e. The van der Waals surface area contributed by atoms with Crippen molar-refractivity contribution in [2.75, 3.05) is 6.54 Å². The summed E-state index contributed by atoms with van der Waals surface area (Å²) in [6, 6.07) is 17.1. The van der Waals surface area contributed by atoms with E-state index in [0.29, 0.717) is 24.4 Å². The molecule has 2 heterocycles. The Morgan fingerprint density at radius 3 is 2.88 bits per heavy atom. The molecule has 0 radical (unpaired) electrons. The van der Waals surface area contributed by atoms with Crippen LogP contribution in [0, 0.1) is 6.92 Å². The Labute approximate surface area is 156 Å². The number of nitrogens with zero attached hydrogens (tertiary/aromatic N) is 3. The fourth-order valence-corrected chi connectivity index (χ4v) is 3.90. The molecule has 4 rings (SSSR count). The third-order valence-electron chi connectivity index (χ3n) is 4.67. The van der Waals surface area contributed by atoms with Crippen LogP contribution in [-0.4, -0.2) is 21.6 Å². The summed E-state index contributed by atoms with van der Waals surface area (Å²) in [7, 11) is 0. The molecule has 25 heavy (non-hydrogen) atoms. The minimum absolute atomic E-state index is 0.432. The molecule has 0 amide bonds. The number of hydrogen-bond acceptors (Lipinski definition) is 4. The second kappa shape index (κ2) is 7.10. The van der Waals surface area contributed by atoms with Crippen molar-refractivity contribution >= 4 is 15.9 Å². The molecule has 1 aromatic heterocycles. The standard InChI is InChI=1S/C20H20BrN3O/c1-14-5-2-6-15(11-14)18-9-4-10-24(18)13-19-22-23-20(25-19)16-7-3-8-17(21)12-16/h2-3,5-8,11-12,18H,4,9-10,13H2,1H3. The molecule has 0 saturated carbocycles. The van der Waals surface area contributed by atoms with Crippen molar-refractivity contribution in [3.63, 3.8) is 0 Å². The maximum Gasteiger partial charge on any atom is 0.247 e. The predicted molar refractivity (Wildman–Crippen MR) is 101 cm³/mol. The Hall–Kier alpha value is -1.98. The summed E-state index contributed by atoms with van der Waals surface area (Å²) in [6.45, 7) is 3.90. The maximum atomic E-state index is 5.91. The third kappa shape index (κ3) is 3.67. The van der Waals surface area contributed by atoms with Crippen LogP contribution in [0.25, 0.3) is 11.5 Å². The summed E-state index contributed by atoms with van der Waals surface area (Å²) in [5, 5.41) is 8.48. The van der Waals surface area contributed by atoms with E-state index in [0.717, 1.165) is 16.6 Å². The molecule has 1 aliphatic heterocycles. The first kappa shape index (κ1) is 16.5. The van der Waals surface area contributed by atoms with Crippen LogP contribution in [0.4, 0.5) is 0 Å². The van der Waals surface area contributed by atoms with E-state index >= 15 is 0 Å². The lowest BCUT2D eigenvalue weighted by atomic mass is 10.0. The van der Waals surface area contributed by atoms with Gasteiger partial charge in [-0.2, -0.15) is 0 Å². The van der Waals surface area contributed by atoms with Gasteiger partial charge in [-0.05, 0) is 50.1 Å². The first-order valence-electron chi connectivity index (χ1n) is 8.58. The van der Waals surface area contributed by atoms with Crippen molar-refractivity contribution in [2.24, 2.45) is 0 Å². The predicted octanol–water partition coefficient (Wildman–Crippen LogP) is 5.14. The number of aryl methyl sites for hydroxylation is 1. The molecule has 5 heteroatoms. The highest BCUT2D eigenvalue weighted by Crippen LogP contribution is 2.33. The number of benzene rings is 2. The zero-order chi connectivity index (χ0) is 17.2. The maximum absolute atomic E-state index is 5.91. The van der Waals surface area contributed by atoms with Crippen LogP contribution >= 0.6 is 15.9 Å². The van der Waals surface area contributed by atoms with Crippen molar-refractivity contribution < 1.29 is 4.42 Å². The van der Waals surface area contributed by atoms with Crippen molar-refractivity contribution in [2.45, 2.75) is 32.4 Å². The number of rotatable bonds is 4. The molecule has 128 valence electrons. The van der Waals surface area contributed by atoms with Crippen molar-refractivity contribution in [1.29, 1.82) is 0 Å². The van der Waals surface area contributed by atoms with Crippen LogP contribution in [0.1, 0.15) is 35.9 Å². The van der Waals surface area contributed by atoms with E-state index in [1.807, 2.05) is 24.3 Å². The normalized spacial score (nSPS) is 17.9. The summed E-state index contributed by atoms with van der Waals surface area (Å²) in [4.78, 5) is 2.44. The van der Waals surface area contributed by atoms with E-state index in [1.165, 1.54) is 24.0 Å². The van der Waals surface area contributed by atoms with E-state index in [9.17, 15) is 0 Å². The minimum Gasteiger partial charge on any atom is -0.419 e. The third-order valence-corrected chi connectivity index (χ3v) is 5.16. The molecule has 0 aliphatic carbocycles. The van der Waals surface area contributed by atoms with E-state index < -0.39 is 0 Å². The van der Waals surface area contributed by atoms with Gasteiger partial charge >= 0.3 is 0 Å². The van der Waals surface area contributed by atoms with Crippen LogP contribution in [0.15, 0.2) is 57.4 Å². The molecule has 2 aromatic carbocycles. The van der Waals surface area contributed by atoms with E-state index in [2.05, 4.69) is 62.2 Å². The van der Waals surface area contributed by atoms with Crippen LogP contribution < -0.4 is 0 Å². The molecular weight excluding hydrogens is 378 g/mol. The molecule has 0 spiro atoms. The lowest BCUT2D eigenvalue weighted by Crippen LogP contribution is -2.23. The molecular formula is C20H20BrN3O. The Bertz CT molecular complexity index is 877. The number of halogens is 1. The van der Waals surface area contributed by atoms with Crippen molar-refractivity contribution in [3.05, 3.63) is 70.0 Å². The van der Waals surface area contributed by atoms with Gasteiger partial charge in [0, 0.05) is 16.1 Å². The van der Waals surface area contributed by atoms with Crippen LogP contribution in [-0.2, 0) is 6.54 Å². The highest BCUT2D eigenvalue weighted by atomic mass is 79.9. The van der Waals surface area contributed by atoms with Gasteiger partial charge in [0.1, 0.15) is 0 Å². The van der Waals surface area contributed by atoms with Crippen LogP contribution in [0.3, 0.4) is 0 Å². The fourth-order valence-electron chi connectivity index (χ4n) is 3.50. The molecule has 4 nitrogen and oxygen atoms in total. The van der Waals surface area contributed by atoms with E-state index in [1.54, 1.807) is 0 Å². The van der Waals surface area contributed by atoms with E-state index in [4.69, 9.17) is 4.42 Å². The first-order chi connectivity index (χ1) is 12.2. The van der Waals surface area contributed by atoms with Crippen molar-refractivity contribution in [3.8, 4) is 11.5 Å². The number of hydrogen-bond donors (Lipinski definition) is 0. The molecule has 0 N–H and O–H groups in total. The zero-order valence-electron chi connectivity index (χ0n) is 14.2. The lowest BCUT2D eigenvalue weighted by molar-refractivity contribution is 0.224. The van der Waals surface area contributed by atoms with Crippen LogP contribution in [0.2, 0.25) is 0 Å². The highest BCUT2D eigenvalue weighted by molar-refractivity contribution is 9.10. The van der Waals surface area contributed by atoms with Gasteiger partial charge in [0.25, 0.3) is 0 Å². The number of likely N-dealkylation sites (tertiary alicyclic amines) is 1. The van der Waals surface area contributed by atoms with Gasteiger partial charge in [-0.3, -0.25) is 4.90 Å². The molecule has 3 aromatic rings. The average Bonchev–Trinajstić information content (AvgIpc) is 3.25. The lowest BCUT2D eigenvalue weighted by Gasteiger charge is -2.23. The van der Waals surface area contributed by atoms with Crippen molar-refractivity contribution in [1.82, 2.24) is 15.1 Å². The summed E-state index contributed by atoms with van der Waals surface area (Å²) in [6.07, 6.45) is 2.38. The van der Waals surface area contributed by atoms with Gasteiger partial charge in [-0.25, -0.2) is 0 Å². The Morgan fingerprint density at radius 2 is 2.04 bits per heavy atom. The topological polar surface area (TPSA) is 42.2 Å². The molecule has 1 fully saturated rings. The molecule has 1 unspecified atom stereocenters. The Balaban J connectivity index is 1.52. The summed E-state index contributed by atoms with van der Waals surface area (Å²) in [5.74, 6) is 1.25.